The average molecular weight is 222 g/mol. The van der Waals surface area contributed by atoms with Gasteiger partial charge in [0.1, 0.15) is 0 Å². The Kier molecular flexibility index (Phi) is 2.25. The van der Waals surface area contributed by atoms with E-state index < -0.39 is 10.1 Å². The lowest BCUT2D eigenvalue weighted by Gasteiger charge is -2.03. The highest BCUT2D eigenvalue weighted by atomic mass is 32.2. The molecule has 1 N–H and O–H groups in total. The Morgan fingerprint density at radius 1 is 1.13 bits per heavy atom. The monoisotopic (exact) mass is 222 g/mol. The molecule has 0 saturated heterocycles. The predicted molar refractivity (Wildman–Crippen MR) is 58.5 cm³/mol. The molecule has 0 spiro atoms. The fourth-order valence-electron chi connectivity index (χ4n) is 1.57. The van der Waals surface area contributed by atoms with E-state index in [-0.39, 0.29) is 4.90 Å². The van der Waals surface area contributed by atoms with Crippen molar-refractivity contribution in [2.75, 3.05) is 0 Å². The molecule has 2 rings (SSSR count). The third-order valence-corrected chi connectivity index (χ3v) is 3.22. The fourth-order valence-corrected chi connectivity index (χ4v) is 2.08. The summed E-state index contributed by atoms with van der Waals surface area (Å²) >= 11 is 0. The van der Waals surface area contributed by atoms with Crippen molar-refractivity contribution >= 4 is 20.9 Å². The molecule has 0 heterocycles. The van der Waals surface area contributed by atoms with E-state index in [9.17, 15) is 8.42 Å². The molecule has 0 saturated carbocycles. The topological polar surface area (TPSA) is 54.4 Å². The Morgan fingerprint density at radius 2 is 1.87 bits per heavy atom. The van der Waals surface area contributed by atoms with E-state index in [2.05, 4.69) is 0 Å². The molecule has 2 aromatic rings. The molecule has 0 atom stereocenters. The highest BCUT2D eigenvalue weighted by Crippen LogP contribution is 2.21. The summed E-state index contributed by atoms with van der Waals surface area (Å²) in [4.78, 5) is -0.0655. The van der Waals surface area contributed by atoms with Crippen LogP contribution in [0.3, 0.4) is 0 Å². The van der Waals surface area contributed by atoms with Crippen LogP contribution in [0.5, 0.6) is 0 Å². The molecule has 0 fully saturated rings. The highest BCUT2D eigenvalue weighted by molar-refractivity contribution is 7.85. The normalized spacial score (nSPS) is 11.9. The molecule has 0 aromatic heterocycles. The second-order valence-electron chi connectivity index (χ2n) is 3.43. The van der Waals surface area contributed by atoms with Crippen molar-refractivity contribution in [2.24, 2.45) is 0 Å². The van der Waals surface area contributed by atoms with Gasteiger partial charge in [-0.1, -0.05) is 24.3 Å². The van der Waals surface area contributed by atoms with E-state index >= 15 is 0 Å². The molecule has 3 nitrogen and oxygen atoms in total. The fraction of sp³-hybridized carbons (Fsp3) is 0.0909. The second-order valence-corrected chi connectivity index (χ2v) is 4.85. The molecule has 0 radical (unpaired) electrons. The number of hydrogen-bond acceptors (Lipinski definition) is 2. The maximum Gasteiger partial charge on any atom is 0.294 e. The van der Waals surface area contributed by atoms with Crippen LogP contribution < -0.4 is 0 Å². The Labute approximate surface area is 88.1 Å². The van der Waals surface area contributed by atoms with Crippen LogP contribution >= 0.6 is 0 Å². The maximum atomic E-state index is 10.9. The van der Waals surface area contributed by atoms with Gasteiger partial charge in [0.15, 0.2) is 0 Å². The number of aryl methyl sites for hydroxylation is 1. The van der Waals surface area contributed by atoms with Crippen LogP contribution in [0.1, 0.15) is 5.56 Å². The molecule has 4 heteroatoms. The van der Waals surface area contributed by atoms with Gasteiger partial charge in [-0.25, -0.2) is 0 Å². The quantitative estimate of drug-likeness (QED) is 0.754. The first-order valence-electron chi connectivity index (χ1n) is 4.45. The molecular formula is C11H10O3S. The minimum atomic E-state index is -4.11. The number of rotatable bonds is 1. The molecular weight excluding hydrogens is 212 g/mol. The van der Waals surface area contributed by atoms with Crippen molar-refractivity contribution in [1.82, 2.24) is 0 Å². The van der Waals surface area contributed by atoms with Crippen molar-refractivity contribution in [3.8, 4) is 0 Å². The predicted octanol–water partition coefficient (Wildman–Crippen LogP) is 2.39. The lowest BCUT2D eigenvalue weighted by molar-refractivity contribution is 0.483. The lowest BCUT2D eigenvalue weighted by Crippen LogP contribution is -1.97. The van der Waals surface area contributed by atoms with E-state index in [0.29, 0.717) is 0 Å². The van der Waals surface area contributed by atoms with Crippen molar-refractivity contribution in [1.29, 1.82) is 0 Å². The summed E-state index contributed by atoms with van der Waals surface area (Å²) in [6.45, 7) is 1.90. The van der Waals surface area contributed by atoms with Gasteiger partial charge in [0, 0.05) is 0 Å². The zero-order valence-electron chi connectivity index (χ0n) is 8.14. The summed E-state index contributed by atoms with van der Waals surface area (Å²) in [5, 5.41) is 1.80. The Morgan fingerprint density at radius 3 is 2.53 bits per heavy atom. The minimum Gasteiger partial charge on any atom is -0.282 e. The van der Waals surface area contributed by atoms with Crippen LogP contribution in [0.25, 0.3) is 10.8 Å². The molecule has 2 aromatic carbocycles. The number of benzene rings is 2. The molecule has 0 bridgehead atoms. The first-order valence-corrected chi connectivity index (χ1v) is 5.89. The van der Waals surface area contributed by atoms with Gasteiger partial charge in [0.2, 0.25) is 0 Å². The summed E-state index contributed by atoms with van der Waals surface area (Å²) in [7, 11) is -4.11. The smallest absolute Gasteiger partial charge is 0.282 e. The molecule has 0 amide bonds. The standard InChI is InChI=1S/C11H10O3S/c1-8-3-2-4-9-5-6-10(7-11(8)9)15(12,13)14/h2-7H,1H3,(H,12,13,14). The molecule has 15 heavy (non-hydrogen) atoms. The first kappa shape index (κ1) is 10.1. The van der Waals surface area contributed by atoms with Gasteiger partial charge < -0.3 is 0 Å². The maximum absolute atomic E-state index is 10.9. The molecule has 0 aliphatic heterocycles. The second kappa shape index (κ2) is 3.32. The van der Waals surface area contributed by atoms with Crippen LogP contribution in [0.4, 0.5) is 0 Å². The van der Waals surface area contributed by atoms with Crippen molar-refractivity contribution < 1.29 is 13.0 Å². The molecule has 0 aliphatic rings. The lowest BCUT2D eigenvalue weighted by atomic mass is 10.1. The summed E-state index contributed by atoms with van der Waals surface area (Å²) in [6.07, 6.45) is 0. The van der Waals surface area contributed by atoms with E-state index in [4.69, 9.17) is 4.55 Å². The zero-order chi connectivity index (χ0) is 11.1. The Hall–Kier alpha value is -1.39. The van der Waals surface area contributed by atoms with Gasteiger partial charge in [0.25, 0.3) is 10.1 Å². The van der Waals surface area contributed by atoms with E-state index in [0.717, 1.165) is 16.3 Å². The number of hydrogen-bond donors (Lipinski definition) is 1. The van der Waals surface area contributed by atoms with E-state index in [1.54, 1.807) is 6.07 Å². The third kappa shape index (κ3) is 1.86. The number of fused-ring (bicyclic) bond motifs is 1. The summed E-state index contributed by atoms with van der Waals surface area (Å²) in [5.74, 6) is 0. The van der Waals surface area contributed by atoms with Crippen molar-refractivity contribution in [2.45, 2.75) is 11.8 Å². The highest BCUT2D eigenvalue weighted by Gasteiger charge is 2.09. The van der Waals surface area contributed by atoms with Gasteiger partial charge in [-0.3, -0.25) is 4.55 Å². The SMILES string of the molecule is Cc1cccc2ccc(S(=O)(=O)O)cc12. The summed E-state index contributed by atoms with van der Waals surface area (Å²) in [6, 6.07) is 10.3. The van der Waals surface area contributed by atoms with Crippen molar-refractivity contribution in [3.05, 3.63) is 42.0 Å². The van der Waals surface area contributed by atoms with E-state index in [1.165, 1.54) is 12.1 Å². The van der Waals surface area contributed by atoms with Crippen molar-refractivity contribution in [3.63, 3.8) is 0 Å². The molecule has 0 unspecified atom stereocenters. The van der Waals surface area contributed by atoms with Crippen LogP contribution in [0.2, 0.25) is 0 Å². The van der Waals surface area contributed by atoms with Crippen LogP contribution in [0.15, 0.2) is 41.3 Å². The van der Waals surface area contributed by atoms with E-state index in [1.807, 2.05) is 25.1 Å². The van der Waals surface area contributed by atoms with Gasteiger partial charge in [-0.05, 0) is 35.4 Å². The van der Waals surface area contributed by atoms with Gasteiger partial charge >= 0.3 is 0 Å². The van der Waals surface area contributed by atoms with Gasteiger partial charge in [-0.2, -0.15) is 8.42 Å². The molecule has 78 valence electrons. The summed E-state index contributed by atoms with van der Waals surface area (Å²) < 4.78 is 30.8. The van der Waals surface area contributed by atoms with Gasteiger partial charge in [0.05, 0.1) is 4.90 Å². The Bertz CT molecular complexity index is 615. The first-order chi connectivity index (χ1) is 6.98. The van der Waals surface area contributed by atoms with Crippen LogP contribution in [-0.4, -0.2) is 13.0 Å². The summed E-state index contributed by atoms with van der Waals surface area (Å²) in [5.41, 5.74) is 0.984. The molecule has 0 aliphatic carbocycles. The van der Waals surface area contributed by atoms with Gasteiger partial charge in [-0.15, -0.1) is 0 Å². The third-order valence-electron chi connectivity index (χ3n) is 2.37. The minimum absolute atomic E-state index is 0.0655. The zero-order valence-corrected chi connectivity index (χ0v) is 8.95. The average Bonchev–Trinajstić information content (AvgIpc) is 2.16. The van der Waals surface area contributed by atoms with Crippen LogP contribution in [0, 0.1) is 6.92 Å². The largest absolute Gasteiger partial charge is 0.294 e. The van der Waals surface area contributed by atoms with Crippen LogP contribution in [-0.2, 0) is 10.1 Å². The Balaban J connectivity index is 2.81.